The number of carboxylic acids is 1. The number of anilines is 1. The lowest BCUT2D eigenvalue weighted by atomic mass is 10.1. The van der Waals surface area contributed by atoms with Gasteiger partial charge < -0.3 is 10.4 Å². The van der Waals surface area contributed by atoms with Crippen LogP contribution in [0.1, 0.15) is 13.8 Å². The van der Waals surface area contributed by atoms with Gasteiger partial charge in [-0.1, -0.05) is 23.2 Å². The van der Waals surface area contributed by atoms with Crippen LogP contribution in [0.4, 0.5) is 5.69 Å². The van der Waals surface area contributed by atoms with Gasteiger partial charge in [-0.05, 0) is 32.0 Å². The lowest BCUT2D eigenvalue weighted by Crippen LogP contribution is -2.16. The van der Waals surface area contributed by atoms with E-state index in [-0.39, 0.29) is 11.1 Å². The summed E-state index contributed by atoms with van der Waals surface area (Å²) in [6.45, 7) is 2.79. The van der Waals surface area contributed by atoms with Gasteiger partial charge in [0.05, 0.1) is 10.7 Å². The van der Waals surface area contributed by atoms with Gasteiger partial charge in [0, 0.05) is 16.2 Å². The Morgan fingerprint density at radius 2 is 1.78 bits per heavy atom. The van der Waals surface area contributed by atoms with E-state index in [1.807, 2.05) is 0 Å². The van der Waals surface area contributed by atoms with Crippen molar-refractivity contribution in [3.05, 3.63) is 39.4 Å². The van der Waals surface area contributed by atoms with Crippen LogP contribution in [0.3, 0.4) is 0 Å². The van der Waals surface area contributed by atoms with E-state index < -0.39 is 11.9 Å². The highest BCUT2D eigenvalue weighted by molar-refractivity contribution is 6.35. The molecule has 18 heavy (non-hydrogen) atoms. The van der Waals surface area contributed by atoms with Gasteiger partial charge >= 0.3 is 5.97 Å². The zero-order chi connectivity index (χ0) is 13.9. The highest BCUT2D eigenvalue weighted by Crippen LogP contribution is 2.25. The monoisotopic (exact) mass is 287 g/mol. The topological polar surface area (TPSA) is 66.4 Å². The lowest BCUT2D eigenvalue weighted by Gasteiger charge is -2.09. The summed E-state index contributed by atoms with van der Waals surface area (Å²) in [6.07, 6.45) is 0. The number of nitrogens with one attached hydrogen (secondary N) is 1. The minimum atomic E-state index is -1.14. The van der Waals surface area contributed by atoms with Crippen molar-refractivity contribution in [3.8, 4) is 0 Å². The first-order valence-electron chi connectivity index (χ1n) is 5.00. The van der Waals surface area contributed by atoms with Crippen molar-refractivity contribution < 1.29 is 14.7 Å². The predicted octanol–water partition coefficient (Wildman–Crippen LogP) is 3.35. The zero-order valence-corrected chi connectivity index (χ0v) is 11.3. The fourth-order valence-electron chi connectivity index (χ4n) is 1.14. The first-order chi connectivity index (χ1) is 8.32. The number of rotatable bonds is 3. The Balaban J connectivity index is 2.98. The Kier molecular flexibility index (Phi) is 4.76. The van der Waals surface area contributed by atoms with Crippen molar-refractivity contribution in [2.24, 2.45) is 0 Å². The number of aliphatic carboxylic acids is 1. The molecule has 0 heterocycles. The molecule has 1 aromatic carbocycles. The van der Waals surface area contributed by atoms with Crippen LogP contribution in [0.2, 0.25) is 10.0 Å². The van der Waals surface area contributed by atoms with Crippen molar-refractivity contribution in [1.82, 2.24) is 0 Å². The number of hydrogen-bond donors (Lipinski definition) is 2. The normalized spacial score (nSPS) is 11.8. The number of hydrogen-bond acceptors (Lipinski definition) is 2. The van der Waals surface area contributed by atoms with Gasteiger partial charge in [-0.15, -0.1) is 0 Å². The fraction of sp³-hybridized carbons (Fsp3) is 0.167. The first kappa shape index (κ1) is 14.5. The van der Waals surface area contributed by atoms with Crippen molar-refractivity contribution >= 4 is 40.8 Å². The quantitative estimate of drug-likeness (QED) is 0.838. The van der Waals surface area contributed by atoms with E-state index in [2.05, 4.69) is 5.32 Å². The molecule has 0 spiro atoms. The number of benzene rings is 1. The number of carboxylic acid groups (broad SMARTS) is 1. The molecule has 6 heteroatoms. The van der Waals surface area contributed by atoms with Gasteiger partial charge in [-0.2, -0.15) is 0 Å². The van der Waals surface area contributed by atoms with Crippen LogP contribution in [-0.2, 0) is 9.59 Å². The fourth-order valence-corrected chi connectivity index (χ4v) is 1.48. The van der Waals surface area contributed by atoms with E-state index in [1.54, 1.807) is 12.1 Å². The highest BCUT2D eigenvalue weighted by atomic mass is 35.5. The van der Waals surface area contributed by atoms with Crippen LogP contribution in [0.25, 0.3) is 0 Å². The Labute approximate surface area is 114 Å². The van der Waals surface area contributed by atoms with E-state index in [0.717, 1.165) is 0 Å². The molecule has 0 saturated heterocycles. The number of carbonyl (C=O) groups is 2. The molecule has 0 fully saturated rings. The maximum absolute atomic E-state index is 11.8. The molecule has 1 aromatic rings. The molecular formula is C12H11Cl2NO3. The van der Waals surface area contributed by atoms with Crippen LogP contribution in [-0.4, -0.2) is 17.0 Å². The van der Waals surface area contributed by atoms with E-state index in [4.69, 9.17) is 28.3 Å². The zero-order valence-electron chi connectivity index (χ0n) is 9.75. The minimum Gasteiger partial charge on any atom is -0.478 e. The van der Waals surface area contributed by atoms with Crippen LogP contribution in [0.5, 0.6) is 0 Å². The third kappa shape index (κ3) is 3.48. The van der Waals surface area contributed by atoms with Crippen molar-refractivity contribution in [2.45, 2.75) is 13.8 Å². The molecule has 0 aliphatic heterocycles. The molecule has 0 aliphatic rings. The Bertz CT molecular complexity index is 538. The van der Waals surface area contributed by atoms with E-state index in [1.165, 1.54) is 19.9 Å². The van der Waals surface area contributed by atoms with Crippen LogP contribution in [0.15, 0.2) is 29.3 Å². The molecule has 2 N–H and O–H groups in total. The maximum atomic E-state index is 11.8. The van der Waals surface area contributed by atoms with Gasteiger partial charge in [0.15, 0.2) is 0 Å². The second-order valence-corrected chi connectivity index (χ2v) is 4.48. The number of carbonyl (C=O) groups excluding carboxylic acids is 1. The summed E-state index contributed by atoms with van der Waals surface area (Å²) in [5.41, 5.74) is 0.427. The number of halogens is 2. The molecule has 0 bridgehead atoms. The SMILES string of the molecule is CC(C(=O)O)=C(C)C(=O)Nc1cc(Cl)ccc1Cl. The second kappa shape index (κ2) is 5.89. The Morgan fingerprint density at radius 3 is 2.33 bits per heavy atom. The summed E-state index contributed by atoms with van der Waals surface area (Å²) in [7, 11) is 0. The molecule has 0 saturated carbocycles. The molecule has 0 atom stereocenters. The summed E-state index contributed by atoms with van der Waals surface area (Å²) in [5.74, 6) is -1.67. The van der Waals surface area contributed by atoms with Gasteiger partial charge in [0.2, 0.25) is 0 Å². The average molecular weight is 288 g/mol. The van der Waals surface area contributed by atoms with Gasteiger partial charge in [-0.25, -0.2) is 4.79 Å². The second-order valence-electron chi connectivity index (χ2n) is 3.63. The molecule has 1 amide bonds. The van der Waals surface area contributed by atoms with E-state index in [0.29, 0.717) is 15.7 Å². The summed E-state index contributed by atoms with van der Waals surface area (Å²) >= 11 is 11.7. The summed E-state index contributed by atoms with van der Waals surface area (Å²) in [5, 5.41) is 12.0. The molecule has 0 unspecified atom stereocenters. The molecule has 0 aliphatic carbocycles. The summed E-state index contributed by atoms with van der Waals surface area (Å²) < 4.78 is 0. The molecular weight excluding hydrogens is 277 g/mol. The van der Waals surface area contributed by atoms with Gasteiger partial charge in [-0.3, -0.25) is 4.79 Å². The predicted molar refractivity (Wildman–Crippen MR) is 71.1 cm³/mol. The third-order valence-corrected chi connectivity index (χ3v) is 2.97. The van der Waals surface area contributed by atoms with Crippen molar-refractivity contribution in [2.75, 3.05) is 5.32 Å². The van der Waals surface area contributed by atoms with Crippen LogP contribution < -0.4 is 5.32 Å². The number of amides is 1. The van der Waals surface area contributed by atoms with E-state index in [9.17, 15) is 9.59 Å². The molecule has 4 nitrogen and oxygen atoms in total. The third-order valence-electron chi connectivity index (χ3n) is 2.40. The van der Waals surface area contributed by atoms with Crippen LogP contribution >= 0.6 is 23.2 Å². The summed E-state index contributed by atoms with van der Waals surface area (Å²) in [6, 6.07) is 4.62. The lowest BCUT2D eigenvalue weighted by molar-refractivity contribution is -0.133. The standard InChI is InChI=1S/C12H11Cl2NO3/c1-6(7(2)12(17)18)11(16)15-10-5-8(13)3-4-9(10)14/h3-5H,1-2H3,(H,15,16)(H,17,18). The van der Waals surface area contributed by atoms with E-state index >= 15 is 0 Å². The smallest absolute Gasteiger partial charge is 0.331 e. The molecule has 0 radical (unpaired) electrons. The first-order valence-corrected chi connectivity index (χ1v) is 5.75. The highest BCUT2D eigenvalue weighted by Gasteiger charge is 2.14. The minimum absolute atomic E-state index is 0.0225. The van der Waals surface area contributed by atoms with Crippen molar-refractivity contribution in [3.63, 3.8) is 0 Å². The largest absolute Gasteiger partial charge is 0.478 e. The Morgan fingerprint density at radius 1 is 1.17 bits per heavy atom. The summed E-state index contributed by atoms with van der Waals surface area (Å²) in [4.78, 5) is 22.5. The Hall–Kier alpha value is -1.52. The molecule has 96 valence electrons. The maximum Gasteiger partial charge on any atom is 0.331 e. The van der Waals surface area contributed by atoms with Crippen molar-refractivity contribution in [1.29, 1.82) is 0 Å². The molecule has 0 aromatic heterocycles. The van der Waals surface area contributed by atoms with Crippen LogP contribution in [0, 0.1) is 0 Å². The average Bonchev–Trinajstić information content (AvgIpc) is 2.31. The van der Waals surface area contributed by atoms with Gasteiger partial charge in [0.1, 0.15) is 0 Å². The van der Waals surface area contributed by atoms with Gasteiger partial charge in [0.25, 0.3) is 5.91 Å². The molecule has 1 rings (SSSR count).